The zero-order chi connectivity index (χ0) is 13.5. The highest BCUT2D eigenvalue weighted by Crippen LogP contribution is 2.29. The van der Waals surface area contributed by atoms with Gasteiger partial charge in [0.1, 0.15) is 5.82 Å². The lowest BCUT2D eigenvalue weighted by atomic mass is 10.1. The number of halogens is 3. The fraction of sp³-hybridized carbons (Fsp3) is 0.417. The van der Waals surface area contributed by atoms with Crippen molar-refractivity contribution in [2.24, 2.45) is 10.7 Å². The molecule has 1 heterocycles. The van der Waals surface area contributed by atoms with Crippen LogP contribution in [0.15, 0.2) is 17.1 Å². The van der Waals surface area contributed by atoms with Gasteiger partial charge < -0.3 is 10.6 Å². The number of nitrogens with two attached hydrogens (primary N) is 1. The third-order valence-electron chi connectivity index (χ3n) is 2.75. The van der Waals surface area contributed by atoms with Crippen LogP contribution in [-0.2, 0) is 6.54 Å². The van der Waals surface area contributed by atoms with E-state index in [0.29, 0.717) is 16.8 Å². The van der Waals surface area contributed by atoms with Gasteiger partial charge in [-0.2, -0.15) is 0 Å². The maximum atomic E-state index is 13.4. The van der Waals surface area contributed by atoms with Crippen LogP contribution in [0.1, 0.15) is 18.1 Å². The fourth-order valence-corrected chi connectivity index (χ4v) is 1.91. The Morgan fingerprint density at radius 2 is 2.11 bits per heavy atom. The maximum Gasteiger partial charge on any atom is 0.262 e. The first-order valence-electron chi connectivity index (χ1n) is 5.52. The Labute approximate surface area is 103 Å². The lowest BCUT2D eigenvalue weighted by Gasteiger charge is -2.30. The molecular formula is C12H14F3N3. The molecule has 0 aliphatic carbocycles. The number of alkyl halides is 2. The van der Waals surface area contributed by atoms with Crippen molar-refractivity contribution in [1.29, 1.82) is 0 Å². The summed E-state index contributed by atoms with van der Waals surface area (Å²) in [6, 6.07) is 2.89. The average Bonchev–Trinajstić information content (AvgIpc) is 2.20. The number of aryl methyl sites for hydroxylation is 1. The summed E-state index contributed by atoms with van der Waals surface area (Å²) in [4.78, 5) is 5.25. The molecule has 0 saturated heterocycles. The Morgan fingerprint density at radius 1 is 1.44 bits per heavy atom. The first kappa shape index (κ1) is 12.7. The molecule has 0 aromatic heterocycles. The summed E-state index contributed by atoms with van der Waals surface area (Å²) >= 11 is 0. The van der Waals surface area contributed by atoms with Crippen LogP contribution in [0.4, 0.5) is 18.9 Å². The van der Waals surface area contributed by atoms with Gasteiger partial charge in [0, 0.05) is 19.5 Å². The van der Waals surface area contributed by atoms with E-state index in [1.165, 1.54) is 11.0 Å². The summed E-state index contributed by atoms with van der Waals surface area (Å²) in [5.74, 6) is -3.24. The summed E-state index contributed by atoms with van der Waals surface area (Å²) in [6.45, 7) is 2.16. The number of fused-ring (bicyclic) bond motifs is 1. The van der Waals surface area contributed by atoms with Gasteiger partial charge in [-0.15, -0.1) is 0 Å². The quantitative estimate of drug-likeness (QED) is 0.884. The van der Waals surface area contributed by atoms with Gasteiger partial charge in [-0.3, -0.25) is 0 Å². The largest absolute Gasteiger partial charge is 0.369 e. The van der Waals surface area contributed by atoms with E-state index in [9.17, 15) is 13.2 Å². The lowest BCUT2D eigenvalue weighted by Crippen LogP contribution is -2.44. The minimum atomic E-state index is -2.85. The molecule has 3 nitrogen and oxygen atoms in total. The van der Waals surface area contributed by atoms with Gasteiger partial charge in [0.15, 0.2) is 5.96 Å². The zero-order valence-corrected chi connectivity index (χ0v) is 10.2. The Morgan fingerprint density at radius 3 is 2.72 bits per heavy atom. The van der Waals surface area contributed by atoms with Crippen LogP contribution in [0.5, 0.6) is 0 Å². The molecule has 0 atom stereocenters. The van der Waals surface area contributed by atoms with Crippen LogP contribution in [0.2, 0.25) is 0 Å². The second-order valence-electron chi connectivity index (χ2n) is 4.63. The SMILES string of the molecule is Cc1cc2c(cc1F)N=C(N)N(CC(C)(F)F)C2. The van der Waals surface area contributed by atoms with Crippen molar-refractivity contribution < 1.29 is 13.2 Å². The Balaban J connectivity index is 2.32. The van der Waals surface area contributed by atoms with Crippen LogP contribution in [0.3, 0.4) is 0 Å². The summed E-state index contributed by atoms with van der Waals surface area (Å²) in [7, 11) is 0. The van der Waals surface area contributed by atoms with Crippen LogP contribution in [-0.4, -0.2) is 23.3 Å². The molecule has 0 unspecified atom stereocenters. The molecule has 0 radical (unpaired) electrons. The number of hydrogen-bond acceptors (Lipinski definition) is 3. The number of aliphatic imine (C=N–C) groups is 1. The molecule has 18 heavy (non-hydrogen) atoms. The molecule has 2 rings (SSSR count). The minimum absolute atomic E-state index is 0.00715. The topological polar surface area (TPSA) is 41.6 Å². The van der Waals surface area contributed by atoms with Gasteiger partial charge in [0.2, 0.25) is 0 Å². The Bertz CT molecular complexity index is 506. The van der Waals surface area contributed by atoms with E-state index < -0.39 is 12.5 Å². The molecule has 0 saturated carbocycles. The maximum absolute atomic E-state index is 13.4. The summed E-state index contributed by atoms with van der Waals surface area (Å²) < 4.78 is 39.3. The van der Waals surface area contributed by atoms with E-state index in [2.05, 4.69) is 4.99 Å². The van der Waals surface area contributed by atoms with Crippen LogP contribution in [0, 0.1) is 12.7 Å². The highest BCUT2D eigenvalue weighted by Gasteiger charge is 2.29. The van der Waals surface area contributed by atoms with Gasteiger partial charge in [-0.05, 0) is 24.1 Å². The number of rotatable bonds is 2. The van der Waals surface area contributed by atoms with E-state index in [1.54, 1.807) is 13.0 Å². The predicted molar refractivity (Wildman–Crippen MR) is 63.5 cm³/mol. The first-order valence-corrected chi connectivity index (χ1v) is 5.52. The molecule has 6 heteroatoms. The lowest BCUT2D eigenvalue weighted by molar-refractivity contribution is -0.000368. The van der Waals surface area contributed by atoms with Crippen molar-refractivity contribution in [2.45, 2.75) is 26.3 Å². The van der Waals surface area contributed by atoms with Gasteiger partial charge in [0.05, 0.1) is 12.2 Å². The molecular weight excluding hydrogens is 243 g/mol. The molecule has 0 amide bonds. The fourth-order valence-electron chi connectivity index (χ4n) is 1.91. The van der Waals surface area contributed by atoms with Crippen molar-refractivity contribution >= 4 is 11.6 Å². The molecule has 2 N–H and O–H groups in total. The van der Waals surface area contributed by atoms with Gasteiger partial charge in [-0.25, -0.2) is 18.2 Å². The summed E-state index contributed by atoms with van der Waals surface area (Å²) in [5.41, 5.74) is 7.18. The van der Waals surface area contributed by atoms with Crippen LogP contribution in [0.25, 0.3) is 0 Å². The zero-order valence-electron chi connectivity index (χ0n) is 10.2. The predicted octanol–water partition coefficient (Wildman–Crippen LogP) is 2.55. The van der Waals surface area contributed by atoms with Crippen LogP contribution >= 0.6 is 0 Å². The second kappa shape index (κ2) is 4.19. The van der Waals surface area contributed by atoms with E-state index in [4.69, 9.17) is 5.73 Å². The Kier molecular flexibility index (Phi) is 2.96. The van der Waals surface area contributed by atoms with E-state index in [-0.39, 0.29) is 18.3 Å². The average molecular weight is 257 g/mol. The highest BCUT2D eigenvalue weighted by atomic mass is 19.3. The monoisotopic (exact) mass is 257 g/mol. The molecule has 1 aromatic rings. The molecule has 1 aliphatic heterocycles. The normalized spacial score (nSPS) is 15.4. The van der Waals surface area contributed by atoms with Gasteiger partial charge >= 0.3 is 0 Å². The number of guanidine groups is 1. The second-order valence-corrected chi connectivity index (χ2v) is 4.63. The summed E-state index contributed by atoms with van der Waals surface area (Å²) in [5, 5.41) is 0. The molecule has 98 valence electrons. The molecule has 0 bridgehead atoms. The highest BCUT2D eigenvalue weighted by molar-refractivity contribution is 5.83. The standard InChI is InChI=1S/C12H14F3N3/c1-7-3-8-5-18(6-12(2,14)15)11(16)17-10(8)4-9(7)13/h3-4H,5-6H2,1-2H3,(H2,16,17). The number of benzene rings is 1. The van der Waals surface area contributed by atoms with Crippen molar-refractivity contribution in [3.05, 3.63) is 29.1 Å². The molecule has 1 aromatic carbocycles. The van der Waals surface area contributed by atoms with Crippen molar-refractivity contribution in [3.8, 4) is 0 Å². The van der Waals surface area contributed by atoms with Gasteiger partial charge in [-0.1, -0.05) is 0 Å². The Hall–Kier alpha value is -1.72. The summed E-state index contributed by atoms with van der Waals surface area (Å²) in [6.07, 6.45) is 0. The third kappa shape index (κ3) is 2.57. The first-order chi connectivity index (χ1) is 8.26. The third-order valence-corrected chi connectivity index (χ3v) is 2.75. The smallest absolute Gasteiger partial charge is 0.262 e. The molecule has 1 aliphatic rings. The van der Waals surface area contributed by atoms with E-state index in [0.717, 1.165) is 6.92 Å². The van der Waals surface area contributed by atoms with Gasteiger partial charge in [0.25, 0.3) is 5.92 Å². The van der Waals surface area contributed by atoms with Crippen LogP contribution < -0.4 is 5.73 Å². The number of hydrogen-bond donors (Lipinski definition) is 1. The van der Waals surface area contributed by atoms with E-state index >= 15 is 0 Å². The van der Waals surface area contributed by atoms with Crippen molar-refractivity contribution in [2.75, 3.05) is 6.54 Å². The minimum Gasteiger partial charge on any atom is -0.369 e. The molecule has 0 spiro atoms. The van der Waals surface area contributed by atoms with Crippen molar-refractivity contribution in [3.63, 3.8) is 0 Å². The number of nitrogens with zero attached hydrogens (tertiary/aromatic N) is 2. The molecule has 0 fully saturated rings. The van der Waals surface area contributed by atoms with E-state index in [1.807, 2.05) is 0 Å². The van der Waals surface area contributed by atoms with Crippen molar-refractivity contribution in [1.82, 2.24) is 4.90 Å².